The molecule has 4 fully saturated rings. The monoisotopic (exact) mass is 540 g/mol. The number of hydrogen-bond acceptors (Lipinski definition) is 5. The van der Waals surface area contributed by atoms with Crippen LogP contribution in [-0.2, 0) is 22.7 Å². The van der Waals surface area contributed by atoms with Gasteiger partial charge in [-0.05, 0) is 97.8 Å². The molecule has 2 aromatic carbocycles. The van der Waals surface area contributed by atoms with Crippen LogP contribution in [0.1, 0.15) is 88.3 Å². The molecule has 1 N–H and O–H groups in total. The number of nitrogens with zero attached hydrogens (tertiary/aromatic N) is 3. The van der Waals surface area contributed by atoms with Crippen LogP contribution in [-0.4, -0.2) is 70.5 Å². The van der Waals surface area contributed by atoms with E-state index in [-0.39, 0.29) is 30.0 Å². The molecule has 1 unspecified atom stereocenters. The Hall–Kier alpha value is -3.52. The number of amides is 4. The molecule has 0 bridgehead atoms. The van der Waals surface area contributed by atoms with Crippen molar-refractivity contribution in [1.29, 1.82) is 0 Å². The topological polar surface area (TPSA) is 90.0 Å². The van der Waals surface area contributed by atoms with Gasteiger partial charge in [-0.15, -0.1) is 0 Å². The second-order valence-corrected chi connectivity index (χ2v) is 12.5. The van der Waals surface area contributed by atoms with Crippen molar-refractivity contribution in [2.24, 2.45) is 5.41 Å². The van der Waals surface area contributed by atoms with Crippen LogP contribution in [0.2, 0.25) is 0 Å². The molecule has 4 amide bonds. The fraction of sp³-hybridized carbons (Fsp3) is 0.500. The van der Waals surface area contributed by atoms with Crippen LogP contribution < -0.4 is 5.32 Å². The first-order valence-corrected chi connectivity index (χ1v) is 14.8. The summed E-state index contributed by atoms with van der Waals surface area (Å²) < 4.78 is 0. The van der Waals surface area contributed by atoms with Gasteiger partial charge in [0.2, 0.25) is 11.8 Å². The highest BCUT2D eigenvalue weighted by molar-refractivity contribution is 6.05. The number of benzene rings is 2. The van der Waals surface area contributed by atoms with Gasteiger partial charge >= 0.3 is 0 Å². The number of hydrogen-bond donors (Lipinski definition) is 1. The van der Waals surface area contributed by atoms with Crippen molar-refractivity contribution in [2.45, 2.75) is 70.0 Å². The lowest BCUT2D eigenvalue weighted by atomic mass is 9.87. The van der Waals surface area contributed by atoms with Crippen LogP contribution in [0.5, 0.6) is 0 Å². The molecule has 3 saturated heterocycles. The molecule has 208 valence electrons. The SMILES string of the molecule is O=C1CCC(N2Cc3cc(C4CCN(Cc5cccc(C(=O)N6CCC7(CC7)C6)c5)CC4)ccc3C2=O)C(=O)N1. The molecule has 0 aromatic heterocycles. The molecule has 1 spiro atoms. The maximum atomic E-state index is 13.1. The highest BCUT2D eigenvalue weighted by Crippen LogP contribution is 2.52. The lowest BCUT2D eigenvalue weighted by molar-refractivity contribution is -0.136. The maximum absolute atomic E-state index is 13.1. The molecule has 40 heavy (non-hydrogen) atoms. The van der Waals surface area contributed by atoms with Crippen LogP contribution in [0.25, 0.3) is 0 Å². The standard InChI is InChI=1S/C32H36N4O4/c37-28-7-6-27(29(38)33-28)36-19-25-17-23(4-5-26(25)31(36)40)22-8-13-34(14-9-22)18-21-2-1-3-24(16-21)30(39)35-15-12-32(20-35)10-11-32/h1-5,16-17,22,27H,6-15,18-20H2,(H,33,37,38). The van der Waals surface area contributed by atoms with Gasteiger partial charge in [0.15, 0.2) is 0 Å². The molecule has 2 aromatic rings. The van der Waals surface area contributed by atoms with E-state index in [4.69, 9.17) is 0 Å². The number of nitrogens with one attached hydrogen (secondary N) is 1. The van der Waals surface area contributed by atoms with Gasteiger partial charge in [-0.3, -0.25) is 29.4 Å². The lowest BCUT2D eigenvalue weighted by Gasteiger charge is -2.32. The van der Waals surface area contributed by atoms with Gasteiger partial charge in [0.05, 0.1) is 0 Å². The molecule has 1 atom stereocenters. The van der Waals surface area contributed by atoms with Gasteiger partial charge in [0.25, 0.3) is 11.8 Å². The number of fused-ring (bicyclic) bond motifs is 1. The second-order valence-electron chi connectivity index (χ2n) is 12.5. The summed E-state index contributed by atoms with van der Waals surface area (Å²) >= 11 is 0. The van der Waals surface area contributed by atoms with Gasteiger partial charge in [-0.25, -0.2) is 0 Å². The zero-order valence-corrected chi connectivity index (χ0v) is 22.9. The van der Waals surface area contributed by atoms with E-state index in [0.717, 1.165) is 63.1 Å². The molecule has 4 aliphatic heterocycles. The van der Waals surface area contributed by atoms with Gasteiger partial charge < -0.3 is 9.80 Å². The molecule has 1 aliphatic carbocycles. The Kier molecular flexibility index (Phi) is 6.26. The Labute approximate surface area is 234 Å². The average Bonchev–Trinajstić information content (AvgIpc) is 3.47. The third kappa shape index (κ3) is 4.72. The number of carbonyl (C=O) groups excluding carboxylic acids is 4. The number of likely N-dealkylation sites (tertiary alicyclic amines) is 2. The normalized spacial score (nSPS) is 24.5. The quantitative estimate of drug-likeness (QED) is 0.587. The van der Waals surface area contributed by atoms with E-state index in [2.05, 4.69) is 34.5 Å². The van der Waals surface area contributed by atoms with E-state index in [1.54, 1.807) is 4.90 Å². The summed E-state index contributed by atoms with van der Waals surface area (Å²) in [6, 6.07) is 13.7. The van der Waals surface area contributed by atoms with E-state index in [1.165, 1.54) is 24.0 Å². The van der Waals surface area contributed by atoms with Crippen molar-refractivity contribution in [1.82, 2.24) is 20.0 Å². The number of piperidine rings is 2. The molecule has 8 heteroatoms. The summed E-state index contributed by atoms with van der Waals surface area (Å²) in [5, 5.41) is 2.37. The summed E-state index contributed by atoms with van der Waals surface area (Å²) in [6.45, 7) is 5.04. The molecular weight excluding hydrogens is 504 g/mol. The van der Waals surface area contributed by atoms with E-state index in [0.29, 0.717) is 29.9 Å². The molecule has 4 heterocycles. The Balaban J connectivity index is 0.954. The van der Waals surface area contributed by atoms with E-state index < -0.39 is 6.04 Å². The minimum Gasteiger partial charge on any atom is -0.338 e. The molecular formula is C32H36N4O4. The minimum absolute atomic E-state index is 0.122. The third-order valence-electron chi connectivity index (χ3n) is 9.87. The predicted molar refractivity (Wildman–Crippen MR) is 148 cm³/mol. The van der Waals surface area contributed by atoms with Gasteiger partial charge in [-0.2, -0.15) is 0 Å². The van der Waals surface area contributed by atoms with Crippen molar-refractivity contribution in [3.05, 3.63) is 70.3 Å². The van der Waals surface area contributed by atoms with Crippen LogP contribution in [0.3, 0.4) is 0 Å². The van der Waals surface area contributed by atoms with Crippen molar-refractivity contribution in [2.75, 3.05) is 26.2 Å². The smallest absolute Gasteiger partial charge is 0.255 e. The summed E-state index contributed by atoms with van der Waals surface area (Å²) in [4.78, 5) is 56.2. The largest absolute Gasteiger partial charge is 0.338 e. The number of rotatable bonds is 5. The molecule has 8 nitrogen and oxygen atoms in total. The zero-order valence-electron chi connectivity index (χ0n) is 22.9. The van der Waals surface area contributed by atoms with E-state index in [9.17, 15) is 19.2 Å². The van der Waals surface area contributed by atoms with E-state index in [1.807, 2.05) is 23.1 Å². The first-order chi connectivity index (χ1) is 19.4. The maximum Gasteiger partial charge on any atom is 0.255 e. The molecule has 0 radical (unpaired) electrons. The lowest BCUT2D eigenvalue weighted by Crippen LogP contribution is -2.52. The average molecular weight is 541 g/mol. The van der Waals surface area contributed by atoms with Crippen LogP contribution in [0.4, 0.5) is 0 Å². The van der Waals surface area contributed by atoms with Crippen LogP contribution in [0, 0.1) is 5.41 Å². The minimum atomic E-state index is -0.580. The van der Waals surface area contributed by atoms with Gasteiger partial charge in [0.1, 0.15) is 6.04 Å². The third-order valence-corrected chi connectivity index (χ3v) is 9.87. The van der Waals surface area contributed by atoms with Gasteiger partial charge in [0, 0.05) is 43.7 Å². The highest BCUT2D eigenvalue weighted by atomic mass is 16.2. The first-order valence-electron chi connectivity index (χ1n) is 14.8. The number of imide groups is 1. The fourth-order valence-corrected chi connectivity index (χ4v) is 7.21. The van der Waals surface area contributed by atoms with E-state index >= 15 is 0 Å². The molecule has 1 saturated carbocycles. The van der Waals surface area contributed by atoms with Crippen molar-refractivity contribution >= 4 is 23.6 Å². The summed E-state index contributed by atoms with van der Waals surface area (Å²) in [7, 11) is 0. The Bertz CT molecular complexity index is 1390. The predicted octanol–water partition coefficient (Wildman–Crippen LogP) is 3.45. The van der Waals surface area contributed by atoms with Crippen molar-refractivity contribution in [3.8, 4) is 0 Å². The fourth-order valence-electron chi connectivity index (χ4n) is 7.21. The summed E-state index contributed by atoms with van der Waals surface area (Å²) in [5.74, 6) is -0.158. The Morgan fingerprint density at radius 3 is 2.52 bits per heavy atom. The van der Waals surface area contributed by atoms with Gasteiger partial charge in [-0.1, -0.05) is 24.3 Å². The second kappa shape index (κ2) is 9.84. The Morgan fingerprint density at radius 1 is 0.950 bits per heavy atom. The van der Waals surface area contributed by atoms with Crippen molar-refractivity contribution in [3.63, 3.8) is 0 Å². The van der Waals surface area contributed by atoms with Crippen LogP contribution >= 0.6 is 0 Å². The zero-order chi connectivity index (χ0) is 27.4. The summed E-state index contributed by atoms with van der Waals surface area (Å²) in [6.07, 6.45) is 6.43. The van der Waals surface area contributed by atoms with Crippen LogP contribution in [0.15, 0.2) is 42.5 Å². The first kappa shape index (κ1) is 25.4. The summed E-state index contributed by atoms with van der Waals surface area (Å²) in [5.41, 5.74) is 5.34. The molecule has 7 rings (SSSR count). The number of carbonyl (C=O) groups is 4. The Morgan fingerprint density at radius 2 is 1.77 bits per heavy atom. The van der Waals surface area contributed by atoms with Crippen molar-refractivity contribution < 1.29 is 19.2 Å². The highest BCUT2D eigenvalue weighted by Gasteiger charge is 2.48. The molecule has 5 aliphatic rings.